The first-order valence-corrected chi connectivity index (χ1v) is 5.32. The second-order valence-corrected chi connectivity index (χ2v) is 3.86. The number of carbonyl (C=O) groups is 1. The van der Waals surface area contributed by atoms with Gasteiger partial charge in [0.2, 0.25) is 0 Å². The summed E-state index contributed by atoms with van der Waals surface area (Å²) in [7, 11) is 0. The first kappa shape index (κ1) is 10.2. The molecule has 3 heteroatoms. The number of benzene rings is 1. The number of hydrogen-bond acceptors (Lipinski definition) is 3. The fourth-order valence-corrected chi connectivity index (χ4v) is 2.00. The third kappa shape index (κ3) is 2.18. The first-order chi connectivity index (χ1) is 7.29. The summed E-state index contributed by atoms with van der Waals surface area (Å²) in [5.74, 6) is 0.228. The summed E-state index contributed by atoms with van der Waals surface area (Å²) in [5.41, 5.74) is 1.14. The highest BCUT2D eigenvalue weighted by Gasteiger charge is 2.25. The van der Waals surface area contributed by atoms with Crippen molar-refractivity contribution in [2.24, 2.45) is 0 Å². The van der Waals surface area contributed by atoms with Gasteiger partial charge in [-0.2, -0.15) is 0 Å². The SMILES string of the molecule is CC(=O)C1CNCCN1c1ccccc1. The van der Waals surface area contributed by atoms with E-state index in [0.717, 1.165) is 25.3 Å². The molecule has 0 aromatic heterocycles. The zero-order valence-electron chi connectivity index (χ0n) is 8.94. The molecular formula is C12H16N2O. The summed E-state index contributed by atoms with van der Waals surface area (Å²) < 4.78 is 0. The molecule has 0 aliphatic carbocycles. The number of hydrogen-bond donors (Lipinski definition) is 1. The van der Waals surface area contributed by atoms with Gasteiger partial charge in [-0.25, -0.2) is 0 Å². The Hall–Kier alpha value is -1.35. The van der Waals surface area contributed by atoms with E-state index in [9.17, 15) is 4.79 Å². The number of ketones is 1. The lowest BCUT2D eigenvalue weighted by Gasteiger charge is -2.36. The Labute approximate surface area is 90.1 Å². The molecule has 1 aliphatic rings. The smallest absolute Gasteiger partial charge is 0.153 e. The van der Waals surface area contributed by atoms with Gasteiger partial charge < -0.3 is 10.2 Å². The molecule has 1 fully saturated rings. The molecule has 1 aromatic carbocycles. The Kier molecular flexibility index (Phi) is 3.02. The standard InChI is InChI=1S/C12H16N2O/c1-10(15)12-9-13-7-8-14(12)11-5-3-2-4-6-11/h2-6,12-13H,7-9H2,1H3. The van der Waals surface area contributed by atoms with Crippen molar-refractivity contribution < 1.29 is 4.79 Å². The van der Waals surface area contributed by atoms with E-state index in [1.165, 1.54) is 0 Å². The van der Waals surface area contributed by atoms with Gasteiger partial charge >= 0.3 is 0 Å². The van der Waals surface area contributed by atoms with Crippen molar-refractivity contribution in [1.82, 2.24) is 5.32 Å². The number of Topliss-reactive ketones (excluding diaryl/α,β-unsaturated/α-hetero) is 1. The largest absolute Gasteiger partial charge is 0.359 e. The highest BCUT2D eigenvalue weighted by atomic mass is 16.1. The molecule has 0 spiro atoms. The molecule has 1 atom stereocenters. The van der Waals surface area contributed by atoms with Crippen LogP contribution in [0.4, 0.5) is 5.69 Å². The van der Waals surface area contributed by atoms with E-state index < -0.39 is 0 Å². The maximum absolute atomic E-state index is 11.5. The molecule has 1 unspecified atom stereocenters. The quantitative estimate of drug-likeness (QED) is 0.781. The maximum atomic E-state index is 11.5. The lowest BCUT2D eigenvalue weighted by atomic mass is 10.1. The number of para-hydroxylation sites is 1. The third-order valence-electron chi connectivity index (χ3n) is 2.80. The van der Waals surface area contributed by atoms with Crippen LogP contribution in [0.2, 0.25) is 0 Å². The summed E-state index contributed by atoms with van der Waals surface area (Å²) in [5, 5.41) is 3.25. The van der Waals surface area contributed by atoms with E-state index in [0.29, 0.717) is 0 Å². The van der Waals surface area contributed by atoms with E-state index in [-0.39, 0.29) is 11.8 Å². The predicted molar refractivity (Wildman–Crippen MR) is 61.1 cm³/mol. The summed E-state index contributed by atoms with van der Waals surface area (Å²) in [4.78, 5) is 13.7. The van der Waals surface area contributed by atoms with Gasteiger partial charge in [0.15, 0.2) is 5.78 Å². The minimum Gasteiger partial charge on any atom is -0.359 e. The molecule has 0 saturated carbocycles. The Balaban J connectivity index is 2.22. The Morgan fingerprint density at radius 3 is 2.80 bits per heavy atom. The van der Waals surface area contributed by atoms with Crippen LogP contribution in [0, 0.1) is 0 Å². The number of anilines is 1. The number of rotatable bonds is 2. The molecule has 1 N–H and O–H groups in total. The highest BCUT2D eigenvalue weighted by molar-refractivity contribution is 5.85. The van der Waals surface area contributed by atoms with Gasteiger partial charge in [-0.05, 0) is 19.1 Å². The molecule has 15 heavy (non-hydrogen) atoms. The molecule has 80 valence electrons. The van der Waals surface area contributed by atoms with Crippen LogP contribution in [0.3, 0.4) is 0 Å². The van der Waals surface area contributed by atoms with Gasteiger partial charge in [-0.15, -0.1) is 0 Å². The molecule has 0 amide bonds. The van der Waals surface area contributed by atoms with E-state index in [2.05, 4.69) is 22.3 Å². The monoisotopic (exact) mass is 204 g/mol. The molecule has 0 bridgehead atoms. The minimum atomic E-state index is -0.0128. The van der Waals surface area contributed by atoms with Crippen molar-refractivity contribution in [2.45, 2.75) is 13.0 Å². The number of carbonyl (C=O) groups excluding carboxylic acids is 1. The summed E-state index contributed by atoms with van der Waals surface area (Å²) >= 11 is 0. The Bertz CT molecular complexity index is 337. The second-order valence-electron chi connectivity index (χ2n) is 3.86. The van der Waals surface area contributed by atoms with Crippen LogP contribution < -0.4 is 10.2 Å². The van der Waals surface area contributed by atoms with E-state index in [1.807, 2.05) is 18.2 Å². The van der Waals surface area contributed by atoms with Crippen LogP contribution >= 0.6 is 0 Å². The average Bonchev–Trinajstić information content (AvgIpc) is 2.30. The van der Waals surface area contributed by atoms with Crippen molar-refractivity contribution in [3.05, 3.63) is 30.3 Å². The maximum Gasteiger partial charge on any atom is 0.153 e. The van der Waals surface area contributed by atoms with Crippen molar-refractivity contribution in [3.63, 3.8) is 0 Å². The fourth-order valence-electron chi connectivity index (χ4n) is 2.00. The van der Waals surface area contributed by atoms with E-state index >= 15 is 0 Å². The van der Waals surface area contributed by atoms with Gasteiger partial charge in [0.05, 0.1) is 6.04 Å². The second kappa shape index (κ2) is 4.45. The average molecular weight is 204 g/mol. The molecule has 1 heterocycles. The normalized spacial score (nSPS) is 21.4. The van der Waals surface area contributed by atoms with Crippen molar-refractivity contribution in [2.75, 3.05) is 24.5 Å². The van der Waals surface area contributed by atoms with E-state index in [4.69, 9.17) is 0 Å². The predicted octanol–water partition coefficient (Wildman–Crippen LogP) is 1.05. The van der Waals surface area contributed by atoms with Gasteiger partial charge in [-0.1, -0.05) is 18.2 Å². The highest BCUT2D eigenvalue weighted by Crippen LogP contribution is 2.17. The summed E-state index contributed by atoms with van der Waals surface area (Å²) in [6.45, 7) is 4.25. The van der Waals surface area contributed by atoms with Gasteiger partial charge in [-0.3, -0.25) is 4.79 Å². The van der Waals surface area contributed by atoms with Crippen molar-refractivity contribution in [1.29, 1.82) is 0 Å². The van der Waals surface area contributed by atoms with Crippen LogP contribution in [-0.4, -0.2) is 31.5 Å². The van der Waals surface area contributed by atoms with E-state index in [1.54, 1.807) is 6.92 Å². The van der Waals surface area contributed by atoms with Crippen molar-refractivity contribution >= 4 is 11.5 Å². The zero-order chi connectivity index (χ0) is 10.7. The number of nitrogens with one attached hydrogen (secondary N) is 1. The molecule has 1 aromatic rings. The van der Waals surface area contributed by atoms with Crippen LogP contribution in [0.5, 0.6) is 0 Å². The molecular weight excluding hydrogens is 188 g/mol. The van der Waals surface area contributed by atoms with Gasteiger partial charge in [0, 0.05) is 25.3 Å². The fraction of sp³-hybridized carbons (Fsp3) is 0.417. The zero-order valence-corrected chi connectivity index (χ0v) is 8.94. The van der Waals surface area contributed by atoms with Crippen LogP contribution in [0.25, 0.3) is 0 Å². The summed E-state index contributed by atoms with van der Waals surface area (Å²) in [6, 6.07) is 10.1. The third-order valence-corrected chi connectivity index (χ3v) is 2.80. The number of piperazine rings is 1. The Morgan fingerprint density at radius 1 is 1.40 bits per heavy atom. The molecule has 3 nitrogen and oxygen atoms in total. The minimum absolute atomic E-state index is 0.0128. The lowest BCUT2D eigenvalue weighted by molar-refractivity contribution is -0.118. The van der Waals surface area contributed by atoms with Crippen molar-refractivity contribution in [3.8, 4) is 0 Å². The molecule has 1 aliphatic heterocycles. The Morgan fingerprint density at radius 2 is 2.13 bits per heavy atom. The van der Waals surface area contributed by atoms with Crippen LogP contribution in [0.1, 0.15) is 6.92 Å². The lowest BCUT2D eigenvalue weighted by Crippen LogP contribution is -2.54. The van der Waals surface area contributed by atoms with Crippen LogP contribution in [0.15, 0.2) is 30.3 Å². The van der Waals surface area contributed by atoms with Gasteiger partial charge in [0.1, 0.15) is 0 Å². The number of nitrogens with zero attached hydrogens (tertiary/aromatic N) is 1. The molecule has 1 saturated heterocycles. The topological polar surface area (TPSA) is 32.3 Å². The molecule has 0 radical (unpaired) electrons. The first-order valence-electron chi connectivity index (χ1n) is 5.32. The molecule has 2 rings (SSSR count). The summed E-state index contributed by atoms with van der Waals surface area (Å²) in [6.07, 6.45) is 0. The van der Waals surface area contributed by atoms with Gasteiger partial charge in [0.25, 0.3) is 0 Å². The van der Waals surface area contributed by atoms with Crippen LogP contribution in [-0.2, 0) is 4.79 Å².